The second-order valence-electron chi connectivity index (χ2n) is 5.40. The Morgan fingerprint density at radius 1 is 1.40 bits per heavy atom. The van der Waals surface area contributed by atoms with E-state index in [0.29, 0.717) is 12.1 Å². The molecule has 3 nitrogen and oxygen atoms in total. The van der Waals surface area contributed by atoms with E-state index in [9.17, 15) is 4.79 Å². The van der Waals surface area contributed by atoms with Gasteiger partial charge in [0.1, 0.15) is 0 Å². The minimum absolute atomic E-state index is 0.214. The van der Waals surface area contributed by atoms with Crippen LogP contribution in [0, 0.1) is 11.8 Å². The molecule has 3 unspecified atom stereocenters. The number of hydrogen-bond acceptors (Lipinski definition) is 2. The number of aliphatic carboxylic acids is 1. The van der Waals surface area contributed by atoms with Gasteiger partial charge in [-0.2, -0.15) is 0 Å². The molecule has 0 heterocycles. The van der Waals surface area contributed by atoms with Gasteiger partial charge < -0.3 is 5.11 Å². The lowest BCUT2D eigenvalue weighted by Crippen LogP contribution is -2.46. The second kappa shape index (κ2) is 4.12. The first-order chi connectivity index (χ1) is 7.08. The fourth-order valence-electron chi connectivity index (χ4n) is 3.46. The van der Waals surface area contributed by atoms with Crippen LogP contribution in [0.5, 0.6) is 0 Å². The van der Waals surface area contributed by atoms with Gasteiger partial charge in [-0.05, 0) is 44.9 Å². The third kappa shape index (κ3) is 2.17. The predicted octanol–water partition coefficient (Wildman–Crippen LogP) is 1.97. The average Bonchev–Trinajstić information content (AvgIpc) is 2.73. The molecule has 0 radical (unpaired) electrons. The molecule has 0 aliphatic heterocycles. The third-order valence-electron chi connectivity index (χ3n) is 4.11. The fraction of sp³-hybridized carbons (Fsp3) is 0.917. The number of rotatable bonds is 4. The number of carboxylic acids is 1. The molecule has 15 heavy (non-hydrogen) atoms. The van der Waals surface area contributed by atoms with E-state index in [1.165, 1.54) is 25.7 Å². The van der Waals surface area contributed by atoms with Crippen LogP contribution in [0.2, 0.25) is 0 Å². The van der Waals surface area contributed by atoms with Crippen molar-refractivity contribution in [3.63, 3.8) is 0 Å². The lowest BCUT2D eigenvalue weighted by molar-refractivity contribution is -0.139. The number of fused-ring (bicyclic) bond motifs is 2. The molecule has 0 aromatic heterocycles. The highest BCUT2D eigenvalue weighted by atomic mass is 16.4. The van der Waals surface area contributed by atoms with Crippen LogP contribution in [0.15, 0.2) is 0 Å². The van der Waals surface area contributed by atoms with Gasteiger partial charge in [0, 0.05) is 12.1 Å². The van der Waals surface area contributed by atoms with E-state index in [2.05, 4.69) is 18.7 Å². The number of hydrogen-bond donors (Lipinski definition) is 1. The monoisotopic (exact) mass is 211 g/mol. The van der Waals surface area contributed by atoms with Gasteiger partial charge in [-0.3, -0.25) is 9.69 Å². The largest absolute Gasteiger partial charge is 0.480 e. The zero-order valence-electron chi connectivity index (χ0n) is 9.65. The van der Waals surface area contributed by atoms with Crippen LogP contribution in [0.1, 0.15) is 39.5 Å². The summed E-state index contributed by atoms with van der Waals surface area (Å²) in [5.41, 5.74) is 0. The maximum atomic E-state index is 10.8. The van der Waals surface area contributed by atoms with Crippen LogP contribution >= 0.6 is 0 Å². The summed E-state index contributed by atoms with van der Waals surface area (Å²) in [6.07, 6.45) is 5.27. The van der Waals surface area contributed by atoms with Crippen molar-refractivity contribution in [2.24, 2.45) is 11.8 Å². The molecule has 0 amide bonds. The van der Waals surface area contributed by atoms with Gasteiger partial charge in [-0.25, -0.2) is 0 Å². The highest BCUT2D eigenvalue weighted by Gasteiger charge is 2.43. The zero-order valence-corrected chi connectivity index (χ0v) is 9.65. The molecule has 2 saturated carbocycles. The molecule has 2 fully saturated rings. The predicted molar refractivity (Wildman–Crippen MR) is 58.7 cm³/mol. The summed E-state index contributed by atoms with van der Waals surface area (Å²) >= 11 is 0. The summed E-state index contributed by atoms with van der Waals surface area (Å²) < 4.78 is 0. The molecule has 0 aromatic rings. The Bertz CT molecular complexity index is 252. The van der Waals surface area contributed by atoms with Gasteiger partial charge in [0.25, 0.3) is 0 Å². The smallest absolute Gasteiger partial charge is 0.317 e. The van der Waals surface area contributed by atoms with Gasteiger partial charge in [-0.15, -0.1) is 0 Å². The highest BCUT2D eigenvalue weighted by molar-refractivity contribution is 5.69. The first kappa shape index (κ1) is 10.9. The van der Waals surface area contributed by atoms with Crippen molar-refractivity contribution in [2.75, 3.05) is 6.54 Å². The van der Waals surface area contributed by atoms with Crippen molar-refractivity contribution >= 4 is 5.97 Å². The summed E-state index contributed by atoms with van der Waals surface area (Å²) in [7, 11) is 0. The Labute approximate surface area is 91.5 Å². The lowest BCUT2D eigenvalue weighted by Gasteiger charge is -2.36. The highest BCUT2D eigenvalue weighted by Crippen LogP contribution is 2.46. The lowest BCUT2D eigenvalue weighted by atomic mass is 9.93. The topological polar surface area (TPSA) is 40.5 Å². The SMILES string of the molecule is CC(C)N(CC(=O)O)C1CC2CCC1C2. The van der Waals surface area contributed by atoms with Gasteiger partial charge >= 0.3 is 5.97 Å². The molecule has 86 valence electrons. The van der Waals surface area contributed by atoms with Crippen LogP contribution < -0.4 is 0 Å². The summed E-state index contributed by atoms with van der Waals surface area (Å²) in [5.74, 6) is 0.971. The molecule has 3 heteroatoms. The number of nitrogens with zero attached hydrogens (tertiary/aromatic N) is 1. The van der Waals surface area contributed by atoms with Crippen molar-refractivity contribution in [2.45, 2.75) is 51.6 Å². The van der Waals surface area contributed by atoms with Crippen molar-refractivity contribution in [3.8, 4) is 0 Å². The Morgan fingerprint density at radius 2 is 2.13 bits per heavy atom. The first-order valence-electron chi connectivity index (χ1n) is 6.05. The van der Waals surface area contributed by atoms with Crippen LogP contribution in [0.3, 0.4) is 0 Å². The molecular weight excluding hydrogens is 190 g/mol. The van der Waals surface area contributed by atoms with E-state index in [1.807, 2.05) is 0 Å². The van der Waals surface area contributed by atoms with E-state index in [1.54, 1.807) is 0 Å². The van der Waals surface area contributed by atoms with Crippen molar-refractivity contribution < 1.29 is 9.90 Å². The minimum atomic E-state index is -0.688. The molecule has 1 N–H and O–H groups in total. The molecule has 2 aliphatic rings. The molecule has 3 atom stereocenters. The zero-order chi connectivity index (χ0) is 11.0. The van der Waals surface area contributed by atoms with E-state index in [0.717, 1.165) is 11.8 Å². The molecule has 0 spiro atoms. The Morgan fingerprint density at radius 3 is 2.53 bits per heavy atom. The number of carbonyl (C=O) groups is 1. The molecule has 0 saturated heterocycles. The first-order valence-corrected chi connectivity index (χ1v) is 6.05. The van der Waals surface area contributed by atoms with Gasteiger partial charge in [0.15, 0.2) is 0 Å². The maximum absolute atomic E-state index is 10.8. The summed E-state index contributed by atoms with van der Waals surface area (Å²) in [6.45, 7) is 4.43. The molecule has 2 aliphatic carbocycles. The molecule has 2 bridgehead atoms. The standard InChI is InChI=1S/C12H21NO2/c1-8(2)13(7-12(14)15)11-6-9-3-4-10(11)5-9/h8-11H,3-7H2,1-2H3,(H,14,15). The molecule has 2 rings (SSSR count). The minimum Gasteiger partial charge on any atom is -0.480 e. The van der Waals surface area contributed by atoms with Gasteiger partial charge in [-0.1, -0.05) is 6.42 Å². The Kier molecular flexibility index (Phi) is 3.01. The van der Waals surface area contributed by atoms with E-state index >= 15 is 0 Å². The van der Waals surface area contributed by atoms with Crippen molar-refractivity contribution in [1.82, 2.24) is 4.90 Å². The van der Waals surface area contributed by atoms with Crippen LogP contribution in [0.4, 0.5) is 0 Å². The quantitative estimate of drug-likeness (QED) is 0.773. The van der Waals surface area contributed by atoms with Crippen molar-refractivity contribution in [3.05, 3.63) is 0 Å². The van der Waals surface area contributed by atoms with Crippen LogP contribution in [-0.2, 0) is 4.79 Å². The van der Waals surface area contributed by atoms with Crippen molar-refractivity contribution in [1.29, 1.82) is 0 Å². The summed E-state index contributed by atoms with van der Waals surface area (Å²) in [4.78, 5) is 13.0. The third-order valence-corrected chi connectivity index (χ3v) is 4.11. The maximum Gasteiger partial charge on any atom is 0.317 e. The summed E-state index contributed by atoms with van der Waals surface area (Å²) in [6, 6.07) is 0.894. The number of carboxylic acid groups (broad SMARTS) is 1. The average molecular weight is 211 g/mol. The molecular formula is C12H21NO2. The van der Waals surface area contributed by atoms with Crippen LogP contribution in [0.25, 0.3) is 0 Å². The second-order valence-corrected chi connectivity index (χ2v) is 5.40. The van der Waals surface area contributed by atoms with Gasteiger partial charge in [0.05, 0.1) is 6.54 Å². The Hall–Kier alpha value is -0.570. The van der Waals surface area contributed by atoms with E-state index in [-0.39, 0.29) is 6.54 Å². The summed E-state index contributed by atoms with van der Waals surface area (Å²) in [5, 5.41) is 8.92. The normalized spacial score (nSPS) is 34.3. The van der Waals surface area contributed by atoms with E-state index < -0.39 is 5.97 Å². The van der Waals surface area contributed by atoms with Crippen LogP contribution in [-0.4, -0.2) is 34.6 Å². The Balaban J connectivity index is 2.02. The molecule has 0 aromatic carbocycles. The van der Waals surface area contributed by atoms with Gasteiger partial charge in [0.2, 0.25) is 0 Å². The van der Waals surface area contributed by atoms with E-state index in [4.69, 9.17) is 5.11 Å². The fourth-order valence-corrected chi connectivity index (χ4v) is 3.46.